The highest BCUT2D eigenvalue weighted by atomic mass is 35.5. The monoisotopic (exact) mass is 611 g/mol. The number of nitrogens with zero attached hydrogens (tertiary/aromatic N) is 2. The molecule has 0 heterocycles. The molecule has 0 aliphatic heterocycles. The van der Waals surface area contributed by atoms with Gasteiger partial charge in [0.05, 0.1) is 19.1 Å². The molecule has 0 unspecified atom stereocenters. The van der Waals surface area contributed by atoms with Crippen LogP contribution in [0.2, 0.25) is 5.02 Å². The number of aryl methyl sites for hydroxylation is 1. The molecule has 0 bridgehead atoms. The van der Waals surface area contributed by atoms with Crippen molar-refractivity contribution in [3.05, 3.63) is 94.5 Å². The minimum absolute atomic E-state index is 0.0509. The van der Waals surface area contributed by atoms with Gasteiger partial charge in [0.1, 0.15) is 18.3 Å². The number of carbonyl (C=O) groups is 2. The fraction of sp³-hybridized carbons (Fsp3) is 0.375. The number of rotatable bonds is 12. The van der Waals surface area contributed by atoms with Crippen LogP contribution < -0.4 is 14.4 Å². The predicted octanol–water partition coefficient (Wildman–Crippen LogP) is 5.12. The maximum atomic E-state index is 14.3. The molecule has 1 aliphatic rings. The standard InChI is InChI=1S/C32H38ClN3O5S/c1-23-10-9-13-25(18-23)21-35(29(19-24-11-5-4-6-12-24)32(38)34-27-14-7-8-15-27)31(37)22-36(42(3,39)40)28-20-26(33)16-17-30(28)41-2/h4-6,9-13,16-18,20,27,29H,7-8,14-15,19,21-22H2,1-3H3,(H,34,38)/t29-/m0/s1. The van der Waals surface area contributed by atoms with E-state index in [2.05, 4.69) is 5.32 Å². The van der Waals surface area contributed by atoms with E-state index < -0.39 is 28.5 Å². The average Bonchev–Trinajstić information content (AvgIpc) is 3.46. The van der Waals surface area contributed by atoms with Crippen molar-refractivity contribution in [2.45, 2.75) is 57.7 Å². The maximum absolute atomic E-state index is 14.3. The number of halogens is 1. The lowest BCUT2D eigenvalue weighted by Gasteiger charge is -2.34. The zero-order valence-corrected chi connectivity index (χ0v) is 25.8. The summed E-state index contributed by atoms with van der Waals surface area (Å²) in [4.78, 5) is 29.7. The Balaban J connectivity index is 1.76. The van der Waals surface area contributed by atoms with Crippen LogP contribution in [0.1, 0.15) is 42.4 Å². The Morgan fingerprint density at radius 2 is 1.69 bits per heavy atom. The first-order valence-corrected chi connectivity index (χ1v) is 16.3. The molecule has 1 atom stereocenters. The van der Waals surface area contributed by atoms with E-state index in [-0.39, 0.29) is 36.4 Å². The SMILES string of the molecule is COc1ccc(Cl)cc1N(CC(=O)N(Cc1cccc(C)c1)[C@@H](Cc1ccccc1)C(=O)NC1CCCC1)S(C)(=O)=O. The molecule has 1 N–H and O–H groups in total. The van der Waals surface area contributed by atoms with Crippen LogP contribution in [0.25, 0.3) is 0 Å². The summed E-state index contributed by atoms with van der Waals surface area (Å²) in [7, 11) is -2.53. The van der Waals surface area contributed by atoms with Crippen LogP contribution in [0.4, 0.5) is 5.69 Å². The van der Waals surface area contributed by atoms with E-state index in [0.717, 1.165) is 52.9 Å². The molecule has 1 saturated carbocycles. The van der Waals surface area contributed by atoms with E-state index in [0.29, 0.717) is 5.02 Å². The van der Waals surface area contributed by atoms with Crippen LogP contribution in [-0.4, -0.2) is 57.1 Å². The first kappa shape index (κ1) is 31.4. The summed E-state index contributed by atoms with van der Waals surface area (Å²) in [5, 5.41) is 3.46. The Bertz CT molecular complexity index is 1490. The second-order valence-corrected chi connectivity index (χ2v) is 13.1. The van der Waals surface area contributed by atoms with E-state index in [1.807, 2.05) is 61.5 Å². The Labute approximate surface area is 253 Å². The molecule has 0 saturated heterocycles. The topological polar surface area (TPSA) is 96.0 Å². The molecule has 42 heavy (non-hydrogen) atoms. The summed E-state index contributed by atoms with van der Waals surface area (Å²) in [6.45, 7) is 1.55. The third-order valence-electron chi connectivity index (χ3n) is 7.50. The van der Waals surface area contributed by atoms with Crippen LogP contribution in [0.5, 0.6) is 5.75 Å². The van der Waals surface area contributed by atoms with Crippen molar-refractivity contribution in [1.29, 1.82) is 0 Å². The fourth-order valence-corrected chi connectivity index (χ4v) is 6.39. The van der Waals surface area contributed by atoms with Crippen molar-refractivity contribution in [3.63, 3.8) is 0 Å². The van der Waals surface area contributed by atoms with Crippen molar-refractivity contribution >= 4 is 39.1 Å². The Kier molecular flexibility index (Phi) is 10.5. The molecule has 3 aromatic rings. The summed E-state index contributed by atoms with van der Waals surface area (Å²) >= 11 is 6.23. The van der Waals surface area contributed by atoms with E-state index in [1.54, 1.807) is 12.1 Å². The maximum Gasteiger partial charge on any atom is 0.244 e. The predicted molar refractivity (Wildman–Crippen MR) is 166 cm³/mol. The zero-order valence-electron chi connectivity index (χ0n) is 24.3. The van der Waals surface area contributed by atoms with E-state index in [4.69, 9.17) is 16.3 Å². The quantitative estimate of drug-likeness (QED) is 0.307. The molecule has 4 rings (SSSR count). The molecule has 1 fully saturated rings. The number of hydrogen-bond donors (Lipinski definition) is 1. The third kappa shape index (κ3) is 8.26. The van der Waals surface area contributed by atoms with Gasteiger partial charge in [-0.25, -0.2) is 8.42 Å². The Morgan fingerprint density at radius 1 is 1.00 bits per heavy atom. The summed E-state index contributed by atoms with van der Waals surface area (Å²) in [6, 6.07) is 21.0. The lowest BCUT2D eigenvalue weighted by Crippen LogP contribution is -2.54. The van der Waals surface area contributed by atoms with Gasteiger partial charge in [-0.1, -0.05) is 84.6 Å². The van der Waals surface area contributed by atoms with E-state index >= 15 is 0 Å². The molecule has 0 spiro atoms. The van der Waals surface area contributed by atoms with Crippen molar-refractivity contribution < 1.29 is 22.7 Å². The lowest BCUT2D eigenvalue weighted by atomic mass is 10.0. The van der Waals surface area contributed by atoms with Crippen LogP contribution in [0.3, 0.4) is 0 Å². The van der Waals surface area contributed by atoms with Crippen LogP contribution in [0.15, 0.2) is 72.8 Å². The van der Waals surface area contributed by atoms with Gasteiger partial charge < -0.3 is 15.0 Å². The first-order chi connectivity index (χ1) is 20.0. The highest BCUT2D eigenvalue weighted by molar-refractivity contribution is 7.92. The van der Waals surface area contributed by atoms with Gasteiger partial charge in [0.2, 0.25) is 21.8 Å². The van der Waals surface area contributed by atoms with Gasteiger partial charge >= 0.3 is 0 Å². The summed E-state index contributed by atoms with van der Waals surface area (Å²) in [6.07, 6.45) is 5.18. The number of carbonyl (C=O) groups excluding carboxylic acids is 2. The number of benzene rings is 3. The number of nitrogens with one attached hydrogen (secondary N) is 1. The second-order valence-electron chi connectivity index (χ2n) is 10.8. The molecular formula is C32H38ClN3O5S. The molecule has 0 aromatic heterocycles. The first-order valence-electron chi connectivity index (χ1n) is 14.1. The van der Waals surface area contributed by atoms with E-state index in [1.165, 1.54) is 18.1 Å². The van der Waals surface area contributed by atoms with Gasteiger partial charge in [-0.2, -0.15) is 0 Å². The number of amides is 2. The average molecular weight is 612 g/mol. The molecule has 2 amide bonds. The van der Waals surface area contributed by atoms with Gasteiger partial charge in [0, 0.05) is 24.0 Å². The number of methoxy groups -OCH3 is 1. The largest absolute Gasteiger partial charge is 0.495 e. The van der Waals surface area contributed by atoms with Crippen molar-refractivity contribution in [2.24, 2.45) is 0 Å². The number of sulfonamides is 1. The van der Waals surface area contributed by atoms with Crippen LogP contribution in [0, 0.1) is 6.92 Å². The van der Waals surface area contributed by atoms with Crippen molar-refractivity contribution in [1.82, 2.24) is 10.2 Å². The van der Waals surface area contributed by atoms with Gasteiger partial charge in [0.25, 0.3) is 0 Å². The minimum atomic E-state index is -3.95. The van der Waals surface area contributed by atoms with Gasteiger partial charge in [-0.15, -0.1) is 0 Å². The van der Waals surface area contributed by atoms with Gasteiger partial charge in [-0.05, 0) is 49.1 Å². The minimum Gasteiger partial charge on any atom is -0.495 e. The summed E-state index contributed by atoms with van der Waals surface area (Å²) in [5.41, 5.74) is 2.88. The molecule has 8 nitrogen and oxygen atoms in total. The third-order valence-corrected chi connectivity index (χ3v) is 8.86. The fourth-order valence-electron chi connectivity index (χ4n) is 5.38. The van der Waals surface area contributed by atoms with Crippen LogP contribution in [-0.2, 0) is 32.6 Å². The molecule has 10 heteroatoms. The Morgan fingerprint density at radius 3 is 2.33 bits per heavy atom. The van der Waals surface area contributed by atoms with Crippen molar-refractivity contribution in [2.75, 3.05) is 24.2 Å². The van der Waals surface area contributed by atoms with Gasteiger partial charge in [0.15, 0.2) is 0 Å². The molecular weight excluding hydrogens is 574 g/mol. The Hall–Kier alpha value is -3.56. The molecule has 224 valence electrons. The molecule has 1 aliphatic carbocycles. The number of ether oxygens (including phenoxy) is 1. The summed E-state index contributed by atoms with van der Waals surface area (Å²) < 4.78 is 32.5. The second kappa shape index (κ2) is 14.1. The zero-order chi connectivity index (χ0) is 30.3. The highest BCUT2D eigenvalue weighted by Crippen LogP contribution is 2.33. The lowest BCUT2D eigenvalue weighted by molar-refractivity contribution is -0.140. The highest BCUT2D eigenvalue weighted by Gasteiger charge is 2.35. The molecule has 3 aromatic carbocycles. The van der Waals surface area contributed by atoms with Crippen molar-refractivity contribution in [3.8, 4) is 5.75 Å². The van der Waals surface area contributed by atoms with Crippen LogP contribution >= 0.6 is 11.6 Å². The van der Waals surface area contributed by atoms with E-state index in [9.17, 15) is 18.0 Å². The number of hydrogen-bond acceptors (Lipinski definition) is 5. The smallest absolute Gasteiger partial charge is 0.244 e. The summed E-state index contributed by atoms with van der Waals surface area (Å²) in [5.74, 6) is -0.521. The van der Waals surface area contributed by atoms with Gasteiger partial charge in [-0.3, -0.25) is 13.9 Å². The number of anilines is 1. The normalized spacial score (nSPS) is 14.3. The molecule has 0 radical (unpaired) electrons.